The number of amides is 1. The summed E-state index contributed by atoms with van der Waals surface area (Å²) in [6, 6.07) is 0. The number of methoxy groups -OCH3 is 1. The molecule has 106 valence electrons. The van der Waals surface area contributed by atoms with Crippen LogP contribution in [0, 0.1) is 0 Å². The van der Waals surface area contributed by atoms with Gasteiger partial charge in [-0.1, -0.05) is 15.9 Å². The lowest BCUT2D eigenvalue weighted by molar-refractivity contribution is -0.132. The third kappa shape index (κ3) is 6.16. The van der Waals surface area contributed by atoms with Crippen molar-refractivity contribution < 1.29 is 14.3 Å². The third-order valence-corrected chi connectivity index (χ3v) is 3.58. The van der Waals surface area contributed by atoms with Gasteiger partial charge < -0.3 is 14.4 Å². The SMILES string of the molecule is COCCN(CCBr)C(=O)CCC1CCCCO1. The van der Waals surface area contributed by atoms with Crippen molar-refractivity contribution >= 4 is 21.8 Å². The van der Waals surface area contributed by atoms with Crippen molar-refractivity contribution in [3.05, 3.63) is 0 Å². The average Bonchev–Trinajstić information content (AvgIpc) is 2.42. The summed E-state index contributed by atoms with van der Waals surface area (Å²) in [4.78, 5) is 13.9. The lowest BCUT2D eigenvalue weighted by Crippen LogP contribution is -2.36. The first kappa shape index (κ1) is 15.9. The van der Waals surface area contributed by atoms with Crippen LogP contribution in [-0.4, -0.2) is 55.7 Å². The van der Waals surface area contributed by atoms with Gasteiger partial charge >= 0.3 is 0 Å². The summed E-state index contributed by atoms with van der Waals surface area (Å²) in [6.45, 7) is 2.87. The van der Waals surface area contributed by atoms with Crippen LogP contribution >= 0.6 is 15.9 Å². The van der Waals surface area contributed by atoms with Crippen LogP contribution in [0.5, 0.6) is 0 Å². The molecule has 0 aromatic heterocycles. The molecule has 4 nitrogen and oxygen atoms in total. The molecule has 0 bridgehead atoms. The summed E-state index contributed by atoms with van der Waals surface area (Å²) in [5.74, 6) is 0.209. The van der Waals surface area contributed by atoms with E-state index in [1.165, 1.54) is 6.42 Å². The fraction of sp³-hybridized carbons (Fsp3) is 0.923. The first-order valence-corrected chi connectivity index (χ1v) is 7.84. The standard InChI is InChI=1S/C13H24BrNO3/c1-17-11-9-15(8-7-14)13(16)6-5-12-4-2-3-10-18-12/h12H,2-11H2,1H3. The Morgan fingerprint density at radius 3 is 2.89 bits per heavy atom. The number of hydrogen-bond acceptors (Lipinski definition) is 3. The van der Waals surface area contributed by atoms with Gasteiger partial charge in [0.2, 0.25) is 5.91 Å². The van der Waals surface area contributed by atoms with Crippen LogP contribution in [0.25, 0.3) is 0 Å². The Hall–Kier alpha value is -0.130. The van der Waals surface area contributed by atoms with Crippen molar-refractivity contribution in [1.29, 1.82) is 0 Å². The van der Waals surface area contributed by atoms with Gasteiger partial charge in [0.25, 0.3) is 0 Å². The first-order chi connectivity index (χ1) is 8.77. The van der Waals surface area contributed by atoms with Gasteiger partial charge in [-0.3, -0.25) is 4.79 Å². The van der Waals surface area contributed by atoms with Crippen molar-refractivity contribution in [2.45, 2.75) is 38.2 Å². The number of alkyl halides is 1. The third-order valence-electron chi connectivity index (χ3n) is 3.23. The van der Waals surface area contributed by atoms with Crippen LogP contribution in [-0.2, 0) is 14.3 Å². The molecule has 1 fully saturated rings. The minimum atomic E-state index is 0.209. The molecule has 1 rings (SSSR count). The van der Waals surface area contributed by atoms with Crippen molar-refractivity contribution in [2.75, 3.05) is 38.7 Å². The predicted molar refractivity (Wildman–Crippen MR) is 75.1 cm³/mol. The molecule has 1 aliphatic rings. The zero-order valence-electron chi connectivity index (χ0n) is 11.2. The molecule has 18 heavy (non-hydrogen) atoms. The molecule has 0 radical (unpaired) electrons. The second kappa shape index (κ2) is 9.75. The molecule has 1 amide bonds. The summed E-state index contributed by atoms with van der Waals surface area (Å²) in [5.41, 5.74) is 0. The lowest BCUT2D eigenvalue weighted by atomic mass is 10.0. The number of hydrogen-bond donors (Lipinski definition) is 0. The normalized spacial score (nSPS) is 19.8. The number of ether oxygens (including phenoxy) is 2. The van der Waals surface area contributed by atoms with Gasteiger partial charge in [-0.05, 0) is 25.7 Å². The van der Waals surface area contributed by atoms with E-state index in [1.54, 1.807) is 7.11 Å². The van der Waals surface area contributed by atoms with Crippen molar-refractivity contribution in [2.24, 2.45) is 0 Å². The smallest absolute Gasteiger partial charge is 0.222 e. The Bertz CT molecular complexity index is 232. The highest BCUT2D eigenvalue weighted by Gasteiger charge is 2.18. The number of nitrogens with zero attached hydrogens (tertiary/aromatic N) is 1. The van der Waals surface area contributed by atoms with Gasteiger partial charge in [0.15, 0.2) is 0 Å². The second-order valence-corrected chi connectivity index (χ2v) is 5.38. The topological polar surface area (TPSA) is 38.8 Å². The van der Waals surface area contributed by atoms with E-state index in [2.05, 4.69) is 15.9 Å². The molecule has 1 unspecified atom stereocenters. The lowest BCUT2D eigenvalue weighted by Gasteiger charge is -2.25. The Morgan fingerprint density at radius 2 is 2.28 bits per heavy atom. The molecule has 0 aliphatic carbocycles. The number of carbonyl (C=O) groups excluding carboxylic acids is 1. The molecule has 1 heterocycles. The van der Waals surface area contributed by atoms with Crippen LogP contribution in [0.1, 0.15) is 32.1 Å². The fourth-order valence-electron chi connectivity index (χ4n) is 2.14. The largest absolute Gasteiger partial charge is 0.383 e. The number of rotatable bonds is 8. The minimum absolute atomic E-state index is 0.209. The summed E-state index contributed by atoms with van der Waals surface area (Å²) in [6.07, 6.45) is 5.22. The van der Waals surface area contributed by atoms with Crippen LogP contribution in [0.2, 0.25) is 0 Å². The van der Waals surface area contributed by atoms with Gasteiger partial charge in [-0.2, -0.15) is 0 Å². The number of halogens is 1. The molecule has 1 atom stereocenters. The van der Waals surface area contributed by atoms with Crippen LogP contribution in [0.15, 0.2) is 0 Å². The maximum Gasteiger partial charge on any atom is 0.222 e. The Morgan fingerprint density at radius 1 is 1.44 bits per heavy atom. The highest BCUT2D eigenvalue weighted by molar-refractivity contribution is 9.09. The van der Waals surface area contributed by atoms with E-state index in [1.807, 2.05) is 4.90 Å². The molecule has 0 aromatic carbocycles. The van der Waals surface area contributed by atoms with E-state index in [0.29, 0.717) is 19.6 Å². The van der Waals surface area contributed by atoms with Gasteiger partial charge in [-0.25, -0.2) is 0 Å². The van der Waals surface area contributed by atoms with Gasteiger partial charge in [0, 0.05) is 38.6 Å². The highest BCUT2D eigenvalue weighted by Crippen LogP contribution is 2.17. The van der Waals surface area contributed by atoms with E-state index in [4.69, 9.17) is 9.47 Å². The molecule has 0 spiro atoms. The summed E-state index contributed by atoms with van der Waals surface area (Å²) >= 11 is 3.38. The van der Waals surface area contributed by atoms with Gasteiger partial charge in [-0.15, -0.1) is 0 Å². The van der Waals surface area contributed by atoms with Gasteiger partial charge in [0.05, 0.1) is 12.7 Å². The van der Waals surface area contributed by atoms with E-state index in [-0.39, 0.29) is 12.0 Å². The second-order valence-electron chi connectivity index (χ2n) is 4.59. The Labute approximate surface area is 118 Å². The molecule has 0 saturated carbocycles. The van der Waals surface area contributed by atoms with E-state index < -0.39 is 0 Å². The monoisotopic (exact) mass is 321 g/mol. The molecular weight excluding hydrogens is 298 g/mol. The fourth-order valence-corrected chi connectivity index (χ4v) is 2.57. The predicted octanol–water partition coefficient (Wildman–Crippen LogP) is 2.21. The highest BCUT2D eigenvalue weighted by atomic mass is 79.9. The van der Waals surface area contributed by atoms with Crippen LogP contribution < -0.4 is 0 Å². The van der Waals surface area contributed by atoms with Crippen molar-refractivity contribution in [3.8, 4) is 0 Å². The molecule has 1 aliphatic heterocycles. The summed E-state index contributed by atoms with van der Waals surface area (Å²) in [7, 11) is 1.66. The van der Waals surface area contributed by atoms with Crippen molar-refractivity contribution in [3.63, 3.8) is 0 Å². The zero-order chi connectivity index (χ0) is 13.2. The molecular formula is C13H24BrNO3. The van der Waals surface area contributed by atoms with Crippen molar-refractivity contribution in [1.82, 2.24) is 4.90 Å². The first-order valence-electron chi connectivity index (χ1n) is 6.72. The maximum absolute atomic E-state index is 12.1. The van der Waals surface area contributed by atoms with E-state index in [9.17, 15) is 4.79 Å². The van der Waals surface area contributed by atoms with E-state index >= 15 is 0 Å². The Balaban J connectivity index is 2.26. The Kier molecular flexibility index (Phi) is 8.63. The maximum atomic E-state index is 12.1. The molecule has 0 aromatic rings. The quantitative estimate of drug-likeness (QED) is 0.643. The zero-order valence-corrected chi connectivity index (χ0v) is 12.8. The molecule has 0 N–H and O–H groups in total. The minimum Gasteiger partial charge on any atom is -0.383 e. The average molecular weight is 322 g/mol. The van der Waals surface area contributed by atoms with E-state index in [0.717, 1.165) is 37.7 Å². The van der Waals surface area contributed by atoms with Crippen LogP contribution in [0.4, 0.5) is 0 Å². The van der Waals surface area contributed by atoms with Crippen LogP contribution in [0.3, 0.4) is 0 Å². The summed E-state index contributed by atoms with van der Waals surface area (Å²) < 4.78 is 10.7. The van der Waals surface area contributed by atoms with Gasteiger partial charge in [0.1, 0.15) is 0 Å². The summed E-state index contributed by atoms with van der Waals surface area (Å²) in [5, 5.41) is 0.808. The molecule has 5 heteroatoms. The molecule has 1 saturated heterocycles. The number of carbonyl (C=O) groups is 1.